The van der Waals surface area contributed by atoms with E-state index in [0.717, 1.165) is 62.5 Å². The van der Waals surface area contributed by atoms with Crippen molar-refractivity contribution in [2.24, 2.45) is 13.0 Å². The smallest absolute Gasteiger partial charge is 0.225 e. The van der Waals surface area contributed by atoms with Gasteiger partial charge in [0.05, 0.1) is 18.4 Å². The zero-order valence-electron chi connectivity index (χ0n) is 15.9. The number of ether oxygens (including phenoxy) is 1. The standard InChI is InChI=1S/C19H32N4O2/c1-14-17(19(25-3)22(2)21-14)13-20-16-9-11-23(12-10-16)18(24)15-7-5-4-6-8-15/h15-16,20H,4-13H2,1-3H3. The predicted molar refractivity (Wildman–Crippen MR) is 97.5 cm³/mol. The van der Waals surface area contributed by atoms with E-state index in [1.165, 1.54) is 19.3 Å². The van der Waals surface area contributed by atoms with Gasteiger partial charge in [0.15, 0.2) is 0 Å². The maximum absolute atomic E-state index is 12.6. The lowest BCUT2D eigenvalue weighted by Gasteiger charge is -2.35. The minimum atomic E-state index is 0.292. The number of aromatic nitrogens is 2. The fraction of sp³-hybridized carbons (Fsp3) is 0.789. The zero-order valence-corrected chi connectivity index (χ0v) is 15.9. The van der Waals surface area contributed by atoms with Crippen molar-refractivity contribution in [3.63, 3.8) is 0 Å². The summed E-state index contributed by atoms with van der Waals surface area (Å²) in [6, 6.07) is 0.458. The lowest BCUT2D eigenvalue weighted by Crippen LogP contribution is -2.46. The number of amides is 1. The Kier molecular flexibility index (Phi) is 5.99. The molecule has 1 saturated heterocycles. The molecule has 6 nitrogen and oxygen atoms in total. The molecule has 140 valence electrons. The maximum Gasteiger partial charge on any atom is 0.225 e. The highest BCUT2D eigenvalue weighted by Gasteiger charge is 2.29. The van der Waals surface area contributed by atoms with Crippen molar-refractivity contribution in [3.05, 3.63) is 11.3 Å². The van der Waals surface area contributed by atoms with Crippen LogP contribution in [0, 0.1) is 12.8 Å². The van der Waals surface area contributed by atoms with Crippen molar-refractivity contribution in [3.8, 4) is 5.88 Å². The number of nitrogens with one attached hydrogen (secondary N) is 1. The van der Waals surface area contributed by atoms with E-state index in [9.17, 15) is 4.79 Å². The number of piperidine rings is 1. The number of carbonyl (C=O) groups excluding carboxylic acids is 1. The number of hydrogen-bond acceptors (Lipinski definition) is 4. The number of nitrogens with zero attached hydrogens (tertiary/aromatic N) is 3. The molecule has 1 N–H and O–H groups in total. The van der Waals surface area contributed by atoms with Crippen LogP contribution in [0.3, 0.4) is 0 Å². The van der Waals surface area contributed by atoms with Crippen LogP contribution < -0.4 is 10.1 Å². The molecule has 1 aromatic heterocycles. The quantitative estimate of drug-likeness (QED) is 0.888. The molecule has 0 atom stereocenters. The molecular weight excluding hydrogens is 316 g/mol. The fourth-order valence-electron chi connectivity index (χ4n) is 4.30. The van der Waals surface area contributed by atoms with Crippen LogP contribution in [0.4, 0.5) is 0 Å². The third-order valence-corrected chi connectivity index (χ3v) is 5.81. The molecule has 1 aliphatic carbocycles. The molecule has 3 rings (SSSR count). The van der Waals surface area contributed by atoms with Gasteiger partial charge in [0.2, 0.25) is 11.8 Å². The Morgan fingerprint density at radius 2 is 1.88 bits per heavy atom. The largest absolute Gasteiger partial charge is 0.481 e. The Morgan fingerprint density at radius 3 is 2.52 bits per heavy atom. The molecule has 0 bridgehead atoms. The molecule has 0 unspecified atom stereocenters. The second-order valence-electron chi connectivity index (χ2n) is 7.51. The molecule has 1 aliphatic heterocycles. The molecule has 2 heterocycles. The highest BCUT2D eigenvalue weighted by molar-refractivity contribution is 5.79. The summed E-state index contributed by atoms with van der Waals surface area (Å²) in [5, 5.41) is 8.07. The summed E-state index contributed by atoms with van der Waals surface area (Å²) in [5.41, 5.74) is 2.14. The van der Waals surface area contributed by atoms with Gasteiger partial charge in [-0.25, -0.2) is 4.68 Å². The van der Waals surface area contributed by atoms with Gasteiger partial charge >= 0.3 is 0 Å². The SMILES string of the molecule is COc1c(CNC2CCN(C(=O)C3CCCCC3)CC2)c(C)nn1C. The summed E-state index contributed by atoms with van der Waals surface area (Å²) in [4.78, 5) is 14.7. The number of hydrogen-bond donors (Lipinski definition) is 1. The highest BCUT2D eigenvalue weighted by atomic mass is 16.5. The average Bonchev–Trinajstić information content (AvgIpc) is 2.93. The van der Waals surface area contributed by atoms with Crippen LogP contribution in [0.1, 0.15) is 56.2 Å². The Hall–Kier alpha value is -1.56. The van der Waals surface area contributed by atoms with Crippen LogP contribution in [-0.4, -0.2) is 46.8 Å². The minimum Gasteiger partial charge on any atom is -0.481 e. The van der Waals surface area contributed by atoms with E-state index in [0.29, 0.717) is 17.9 Å². The summed E-state index contributed by atoms with van der Waals surface area (Å²) in [6.45, 7) is 4.56. The highest BCUT2D eigenvalue weighted by Crippen LogP contribution is 2.27. The monoisotopic (exact) mass is 348 g/mol. The number of aryl methyl sites for hydroxylation is 2. The van der Waals surface area contributed by atoms with Gasteiger partial charge in [-0.2, -0.15) is 5.10 Å². The van der Waals surface area contributed by atoms with Crippen molar-refractivity contribution in [2.75, 3.05) is 20.2 Å². The molecule has 2 fully saturated rings. The molecule has 25 heavy (non-hydrogen) atoms. The Bertz CT molecular complexity index is 584. The van der Waals surface area contributed by atoms with Crippen molar-refractivity contribution in [1.82, 2.24) is 20.0 Å². The van der Waals surface area contributed by atoms with E-state index in [1.807, 2.05) is 14.0 Å². The van der Waals surface area contributed by atoms with E-state index in [4.69, 9.17) is 4.74 Å². The van der Waals surface area contributed by atoms with Crippen LogP contribution in [0.15, 0.2) is 0 Å². The van der Waals surface area contributed by atoms with Crippen LogP contribution in [-0.2, 0) is 18.4 Å². The first-order chi connectivity index (χ1) is 12.1. The molecule has 6 heteroatoms. The molecule has 0 radical (unpaired) electrons. The second kappa shape index (κ2) is 8.21. The van der Waals surface area contributed by atoms with Crippen LogP contribution >= 0.6 is 0 Å². The summed E-state index contributed by atoms with van der Waals surface area (Å²) < 4.78 is 7.25. The summed E-state index contributed by atoms with van der Waals surface area (Å²) in [5.74, 6) is 1.53. The van der Waals surface area contributed by atoms with E-state index in [-0.39, 0.29) is 0 Å². The summed E-state index contributed by atoms with van der Waals surface area (Å²) >= 11 is 0. The van der Waals surface area contributed by atoms with Crippen molar-refractivity contribution < 1.29 is 9.53 Å². The molecular formula is C19H32N4O2. The molecule has 2 aliphatic rings. The normalized spacial score (nSPS) is 20.0. The van der Waals surface area contributed by atoms with E-state index < -0.39 is 0 Å². The van der Waals surface area contributed by atoms with Gasteiger partial charge < -0.3 is 15.0 Å². The topological polar surface area (TPSA) is 59.4 Å². The second-order valence-corrected chi connectivity index (χ2v) is 7.51. The summed E-state index contributed by atoms with van der Waals surface area (Å²) in [6.07, 6.45) is 7.99. The molecule has 0 aromatic carbocycles. The van der Waals surface area contributed by atoms with Crippen molar-refractivity contribution >= 4 is 5.91 Å². The van der Waals surface area contributed by atoms with Gasteiger partial charge in [-0.05, 0) is 32.6 Å². The van der Waals surface area contributed by atoms with Crippen LogP contribution in [0.25, 0.3) is 0 Å². The molecule has 1 amide bonds. The zero-order chi connectivity index (χ0) is 17.8. The number of rotatable bonds is 5. The van der Waals surface area contributed by atoms with Gasteiger partial charge in [-0.3, -0.25) is 4.79 Å². The summed E-state index contributed by atoms with van der Waals surface area (Å²) in [7, 11) is 3.60. The number of carbonyl (C=O) groups is 1. The van der Waals surface area contributed by atoms with E-state index in [2.05, 4.69) is 15.3 Å². The fourth-order valence-corrected chi connectivity index (χ4v) is 4.30. The Labute approximate surface area is 150 Å². The molecule has 1 aromatic rings. The predicted octanol–water partition coefficient (Wildman–Crippen LogP) is 2.40. The molecule has 0 spiro atoms. The van der Waals surface area contributed by atoms with Crippen molar-refractivity contribution in [2.45, 2.75) is 64.5 Å². The van der Waals surface area contributed by atoms with Crippen molar-refractivity contribution in [1.29, 1.82) is 0 Å². The first-order valence-corrected chi connectivity index (χ1v) is 9.68. The van der Waals surface area contributed by atoms with Gasteiger partial charge in [0, 0.05) is 38.6 Å². The van der Waals surface area contributed by atoms with Gasteiger partial charge in [0.1, 0.15) is 0 Å². The minimum absolute atomic E-state index is 0.292. The third-order valence-electron chi connectivity index (χ3n) is 5.81. The lowest BCUT2D eigenvalue weighted by molar-refractivity contribution is -0.137. The first kappa shape index (κ1) is 18.2. The van der Waals surface area contributed by atoms with Crippen LogP contribution in [0.2, 0.25) is 0 Å². The average molecular weight is 348 g/mol. The Morgan fingerprint density at radius 1 is 1.20 bits per heavy atom. The number of methoxy groups -OCH3 is 1. The third kappa shape index (κ3) is 4.17. The lowest BCUT2D eigenvalue weighted by atomic mass is 9.87. The van der Waals surface area contributed by atoms with Crippen LogP contribution in [0.5, 0.6) is 5.88 Å². The number of likely N-dealkylation sites (tertiary alicyclic amines) is 1. The Balaban J connectivity index is 1.47. The van der Waals surface area contributed by atoms with Gasteiger partial charge in [-0.15, -0.1) is 0 Å². The van der Waals surface area contributed by atoms with Gasteiger partial charge in [0.25, 0.3) is 0 Å². The van der Waals surface area contributed by atoms with E-state index >= 15 is 0 Å². The van der Waals surface area contributed by atoms with Gasteiger partial charge in [-0.1, -0.05) is 19.3 Å². The molecule has 1 saturated carbocycles. The first-order valence-electron chi connectivity index (χ1n) is 9.68. The van der Waals surface area contributed by atoms with E-state index in [1.54, 1.807) is 11.8 Å². The maximum atomic E-state index is 12.6.